The van der Waals surface area contributed by atoms with Gasteiger partial charge in [0, 0.05) is 23.3 Å². The van der Waals surface area contributed by atoms with Gasteiger partial charge in [0.15, 0.2) is 0 Å². The third-order valence-corrected chi connectivity index (χ3v) is 3.15. The van der Waals surface area contributed by atoms with Crippen LogP contribution in [0.15, 0.2) is 28.7 Å². The topological polar surface area (TPSA) is 50.4 Å². The van der Waals surface area contributed by atoms with Crippen LogP contribution in [0.1, 0.15) is 12.8 Å². The van der Waals surface area contributed by atoms with Gasteiger partial charge in [-0.3, -0.25) is 0 Å². The first-order valence-electron chi connectivity index (χ1n) is 5.66. The second-order valence-electron chi connectivity index (χ2n) is 3.98. The molecular weight excluding hydrogens is 284 g/mol. The van der Waals surface area contributed by atoms with E-state index in [1.807, 2.05) is 24.3 Å². The van der Waals surface area contributed by atoms with Gasteiger partial charge in [0.2, 0.25) is 0 Å². The molecule has 0 aliphatic carbocycles. The van der Waals surface area contributed by atoms with E-state index in [0.29, 0.717) is 6.54 Å². The van der Waals surface area contributed by atoms with Crippen molar-refractivity contribution in [2.75, 3.05) is 18.5 Å². The van der Waals surface area contributed by atoms with Gasteiger partial charge in [-0.15, -0.1) is 0 Å². The SMILES string of the molecule is O=C(NCC1CCCO1)Nc1ccc(Br)cc1. The van der Waals surface area contributed by atoms with Crippen molar-refractivity contribution < 1.29 is 9.53 Å². The van der Waals surface area contributed by atoms with Gasteiger partial charge in [0.1, 0.15) is 0 Å². The van der Waals surface area contributed by atoms with Crippen molar-refractivity contribution in [1.82, 2.24) is 5.32 Å². The lowest BCUT2D eigenvalue weighted by molar-refractivity contribution is 0.112. The van der Waals surface area contributed by atoms with Gasteiger partial charge in [-0.25, -0.2) is 4.79 Å². The summed E-state index contributed by atoms with van der Waals surface area (Å²) in [5.41, 5.74) is 0.776. The molecule has 5 heteroatoms. The van der Waals surface area contributed by atoms with Gasteiger partial charge in [-0.2, -0.15) is 0 Å². The molecule has 1 heterocycles. The van der Waals surface area contributed by atoms with Gasteiger partial charge in [-0.1, -0.05) is 15.9 Å². The first-order chi connectivity index (χ1) is 8.24. The monoisotopic (exact) mass is 298 g/mol. The molecule has 2 amide bonds. The molecule has 1 aromatic rings. The molecule has 2 N–H and O–H groups in total. The summed E-state index contributed by atoms with van der Waals surface area (Å²) in [7, 11) is 0. The van der Waals surface area contributed by atoms with Crippen LogP contribution in [0.4, 0.5) is 10.5 Å². The van der Waals surface area contributed by atoms with Crippen LogP contribution in [0.25, 0.3) is 0 Å². The first-order valence-corrected chi connectivity index (χ1v) is 6.45. The van der Waals surface area contributed by atoms with E-state index in [4.69, 9.17) is 4.74 Å². The molecule has 92 valence electrons. The van der Waals surface area contributed by atoms with Gasteiger partial charge < -0.3 is 15.4 Å². The fourth-order valence-electron chi connectivity index (χ4n) is 1.72. The highest BCUT2D eigenvalue weighted by Crippen LogP contribution is 2.14. The largest absolute Gasteiger partial charge is 0.376 e. The third-order valence-electron chi connectivity index (χ3n) is 2.62. The highest BCUT2D eigenvalue weighted by Gasteiger charge is 2.15. The maximum absolute atomic E-state index is 11.6. The summed E-state index contributed by atoms with van der Waals surface area (Å²) in [6, 6.07) is 7.26. The van der Waals surface area contributed by atoms with E-state index < -0.39 is 0 Å². The van der Waals surface area contributed by atoms with E-state index in [9.17, 15) is 4.79 Å². The Morgan fingerprint density at radius 2 is 2.18 bits per heavy atom. The Morgan fingerprint density at radius 3 is 2.82 bits per heavy atom. The number of amides is 2. The first kappa shape index (κ1) is 12.4. The maximum Gasteiger partial charge on any atom is 0.319 e. The van der Waals surface area contributed by atoms with Crippen molar-refractivity contribution in [1.29, 1.82) is 0 Å². The molecule has 0 spiro atoms. The number of carbonyl (C=O) groups is 1. The molecule has 2 rings (SSSR count). The summed E-state index contributed by atoms with van der Waals surface area (Å²) < 4.78 is 6.41. The minimum absolute atomic E-state index is 0.172. The lowest BCUT2D eigenvalue weighted by Gasteiger charge is -2.11. The predicted octanol–water partition coefficient (Wildman–Crippen LogP) is 2.75. The van der Waals surface area contributed by atoms with Gasteiger partial charge >= 0.3 is 6.03 Å². The number of urea groups is 1. The van der Waals surface area contributed by atoms with Crippen molar-refractivity contribution in [2.45, 2.75) is 18.9 Å². The number of halogens is 1. The molecule has 0 radical (unpaired) electrons. The van der Waals surface area contributed by atoms with Crippen molar-refractivity contribution in [3.8, 4) is 0 Å². The number of hydrogen-bond donors (Lipinski definition) is 2. The van der Waals surface area contributed by atoms with Crippen molar-refractivity contribution in [3.05, 3.63) is 28.7 Å². The van der Waals surface area contributed by atoms with Crippen LogP contribution in [0.5, 0.6) is 0 Å². The third kappa shape index (κ3) is 4.02. The fraction of sp³-hybridized carbons (Fsp3) is 0.417. The van der Waals surface area contributed by atoms with Crippen molar-refractivity contribution in [3.63, 3.8) is 0 Å². The summed E-state index contributed by atoms with van der Waals surface area (Å²) in [6.07, 6.45) is 2.28. The number of anilines is 1. The minimum Gasteiger partial charge on any atom is -0.376 e. The quantitative estimate of drug-likeness (QED) is 0.901. The number of hydrogen-bond acceptors (Lipinski definition) is 2. The molecule has 1 atom stereocenters. The molecule has 1 fully saturated rings. The highest BCUT2D eigenvalue weighted by atomic mass is 79.9. The number of benzene rings is 1. The van der Waals surface area contributed by atoms with E-state index in [-0.39, 0.29) is 12.1 Å². The molecule has 4 nitrogen and oxygen atoms in total. The number of nitrogens with one attached hydrogen (secondary N) is 2. The van der Waals surface area contributed by atoms with Crippen LogP contribution in [0.3, 0.4) is 0 Å². The van der Waals surface area contributed by atoms with Gasteiger partial charge in [-0.05, 0) is 37.1 Å². The zero-order chi connectivity index (χ0) is 12.1. The highest BCUT2D eigenvalue weighted by molar-refractivity contribution is 9.10. The second kappa shape index (κ2) is 6.02. The molecule has 17 heavy (non-hydrogen) atoms. The minimum atomic E-state index is -0.192. The number of ether oxygens (including phenoxy) is 1. The smallest absolute Gasteiger partial charge is 0.319 e. The van der Waals surface area contributed by atoms with Gasteiger partial charge in [0.25, 0.3) is 0 Å². The Kier molecular flexibility index (Phi) is 4.39. The average molecular weight is 299 g/mol. The van der Waals surface area contributed by atoms with E-state index in [0.717, 1.165) is 29.6 Å². The second-order valence-corrected chi connectivity index (χ2v) is 4.89. The number of rotatable bonds is 3. The van der Waals surface area contributed by atoms with E-state index in [1.165, 1.54) is 0 Å². The average Bonchev–Trinajstić information content (AvgIpc) is 2.83. The Balaban J connectivity index is 1.74. The Labute approximate surface area is 109 Å². The van der Waals surface area contributed by atoms with Crippen LogP contribution >= 0.6 is 15.9 Å². The molecule has 1 unspecified atom stereocenters. The lowest BCUT2D eigenvalue weighted by atomic mass is 10.2. The summed E-state index contributed by atoms with van der Waals surface area (Å²) >= 11 is 3.34. The molecule has 1 saturated heterocycles. The summed E-state index contributed by atoms with van der Waals surface area (Å²) in [4.78, 5) is 11.6. The molecular formula is C12H15BrN2O2. The van der Waals surface area contributed by atoms with Gasteiger partial charge in [0.05, 0.1) is 6.10 Å². The Morgan fingerprint density at radius 1 is 1.41 bits per heavy atom. The molecule has 1 aromatic carbocycles. The Bertz CT molecular complexity index is 375. The molecule has 0 aromatic heterocycles. The van der Waals surface area contributed by atoms with E-state index in [2.05, 4.69) is 26.6 Å². The standard InChI is InChI=1S/C12H15BrN2O2/c13-9-3-5-10(6-4-9)15-12(16)14-8-11-2-1-7-17-11/h3-6,11H,1-2,7-8H2,(H2,14,15,16). The zero-order valence-corrected chi connectivity index (χ0v) is 11.0. The van der Waals surface area contributed by atoms with Crippen LogP contribution in [0, 0.1) is 0 Å². The van der Waals surface area contributed by atoms with Crippen molar-refractivity contribution >= 4 is 27.6 Å². The van der Waals surface area contributed by atoms with E-state index >= 15 is 0 Å². The lowest BCUT2D eigenvalue weighted by Crippen LogP contribution is -2.34. The molecule has 0 saturated carbocycles. The van der Waals surface area contributed by atoms with Crippen LogP contribution in [-0.2, 0) is 4.74 Å². The summed E-state index contributed by atoms with van der Waals surface area (Å²) in [6.45, 7) is 1.38. The fourth-order valence-corrected chi connectivity index (χ4v) is 1.98. The van der Waals surface area contributed by atoms with Crippen LogP contribution in [0.2, 0.25) is 0 Å². The Hall–Kier alpha value is -1.07. The zero-order valence-electron chi connectivity index (χ0n) is 9.41. The predicted molar refractivity (Wildman–Crippen MR) is 70.1 cm³/mol. The number of carbonyl (C=O) groups excluding carboxylic acids is 1. The van der Waals surface area contributed by atoms with Crippen LogP contribution < -0.4 is 10.6 Å². The van der Waals surface area contributed by atoms with E-state index in [1.54, 1.807) is 0 Å². The van der Waals surface area contributed by atoms with Crippen molar-refractivity contribution in [2.24, 2.45) is 0 Å². The maximum atomic E-state index is 11.6. The summed E-state index contributed by atoms with van der Waals surface area (Å²) in [5.74, 6) is 0. The summed E-state index contributed by atoms with van der Waals surface area (Å²) in [5, 5.41) is 5.57. The molecule has 1 aliphatic heterocycles. The molecule has 1 aliphatic rings. The van der Waals surface area contributed by atoms with Crippen LogP contribution in [-0.4, -0.2) is 25.3 Å². The normalized spacial score (nSPS) is 19.0. The molecule has 0 bridgehead atoms.